The summed E-state index contributed by atoms with van der Waals surface area (Å²) >= 11 is 2.00. The van der Waals surface area contributed by atoms with Crippen LogP contribution >= 0.6 is 11.8 Å². The smallest absolute Gasteiger partial charge is 0.134 e. The number of para-hydroxylation sites is 1. The van der Waals surface area contributed by atoms with Gasteiger partial charge in [-0.3, -0.25) is 0 Å². The molecule has 0 amide bonds. The molecule has 3 heteroatoms. The molecule has 0 radical (unpaired) electrons. The molecule has 3 unspecified atom stereocenters. The largest absolute Gasteiger partial charge is 0.459 e. The van der Waals surface area contributed by atoms with Crippen molar-refractivity contribution in [1.82, 2.24) is 5.32 Å². The van der Waals surface area contributed by atoms with Gasteiger partial charge in [-0.05, 0) is 44.6 Å². The molecule has 2 aromatic rings. The second kappa shape index (κ2) is 5.59. The second-order valence-electron chi connectivity index (χ2n) is 5.44. The van der Waals surface area contributed by atoms with Crippen molar-refractivity contribution in [3.05, 3.63) is 36.1 Å². The first kappa shape index (κ1) is 13.1. The Hall–Kier alpha value is -0.930. The molecule has 0 spiro atoms. The van der Waals surface area contributed by atoms with Crippen molar-refractivity contribution in [1.29, 1.82) is 0 Å². The van der Waals surface area contributed by atoms with Crippen LogP contribution in [0, 0.1) is 0 Å². The Bertz CT molecular complexity index is 517. The zero-order valence-corrected chi connectivity index (χ0v) is 12.4. The molecule has 0 aliphatic heterocycles. The van der Waals surface area contributed by atoms with E-state index >= 15 is 0 Å². The van der Waals surface area contributed by atoms with Crippen molar-refractivity contribution in [2.24, 2.45) is 0 Å². The first-order valence-electron chi connectivity index (χ1n) is 7.03. The molecular formula is C16H21NOS. The van der Waals surface area contributed by atoms with E-state index in [2.05, 4.69) is 36.7 Å². The summed E-state index contributed by atoms with van der Waals surface area (Å²) in [6, 6.07) is 11.3. The molecular weight excluding hydrogens is 254 g/mol. The molecule has 2 nitrogen and oxygen atoms in total. The van der Waals surface area contributed by atoms with Gasteiger partial charge in [-0.25, -0.2) is 0 Å². The molecule has 3 atom stereocenters. The van der Waals surface area contributed by atoms with Gasteiger partial charge in [0.15, 0.2) is 0 Å². The molecule has 102 valence electrons. The molecule has 1 fully saturated rings. The predicted octanol–water partition coefficient (Wildman–Crippen LogP) is 4.37. The molecule has 1 saturated carbocycles. The average Bonchev–Trinajstić information content (AvgIpc) is 3.04. The molecule has 1 aromatic carbocycles. The molecule has 1 N–H and O–H groups in total. The lowest BCUT2D eigenvalue weighted by Gasteiger charge is -2.17. The Morgan fingerprint density at radius 3 is 2.89 bits per heavy atom. The van der Waals surface area contributed by atoms with Crippen LogP contribution in [0.5, 0.6) is 0 Å². The summed E-state index contributed by atoms with van der Waals surface area (Å²) in [6.45, 7) is 2.20. The molecule has 3 rings (SSSR count). The maximum atomic E-state index is 5.93. The number of furan rings is 1. The Balaban J connectivity index is 1.68. The molecule has 1 aromatic heterocycles. The van der Waals surface area contributed by atoms with Gasteiger partial charge in [0.2, 0.25) is 0 Å². The topological polar surface area (TPSA) is 25.2 Å². The number of thioether (sulfide) groups is 1. The quantitative estimate of drug-likeness (QED) is 0.897. The van der Waals surface area contributed by atoms with Crippen LogP contribution in [0.3, 0.4) is 0 Å². The minimum absolute atomic E-state index is 0.290. The van der Waals surface area contributed by atoms with Crippen molar-refractivity contribution in [3.8, 4) is 0 Å². The highest BCUT2D eigenvalue weighted by Crippen LogP contribution is 2.30. The van der Waals surface area contributed by atoms with Gasteiger partial charge in [-0.2, -0.15) is 11.8 Å². The van der Waals surface area contributed by atoms with Gasteiger partial charge in [0.05, 0.1) is 6.04 Å². The van der Waals surface area contributed by atoms with E-state index in [1.165, 1.54) is 24.6 Å². The number of nitrogens with one attached hydrogen (secondary N) is 1. The Morgan fingerprint density at radius 2 is 2.16 bits per heavy atom. The van der Waals surface area contributed by atoms with Crippen LogP contribution in [0.4, 0.5) is 0 Å². The lowest BCUT2D eigenvalue weighted by atomic mass is 10.1. The monoisotopic (exact) mass is 275 g/mol. The fourth-order valence-electron chi connectivity index (χ4n) is 2.96. The maximum absolute atomic E-state index is 5.93. The SMILES string of the molecule is CSC1CCC(NC(C)c2cc3ccccc3o2)C1. The highest BCUT2D eigenvalue weighted by atomic mass is 32.2. The van der Waals surface area contributed by atoms with E-state index in [4.69, 9.17) is 4.42 Å². The van der Waals surface area contributed by atoms with Crippen LogP contribution < -0.4 is 5.32 Å². The Labute approximate surface area is 118 Å². The van der Waals surface area contributed by atoms with Gasteiger partial charge >= 0.3 is 0 Å². The van der Waals surface area contributed by atoms with Gasteiger partial charge in [-0.15, -0.1) is 0 Å². The van der Waals surface area contributed by atoms with Gasteiger partial charge in [0.1, 0.15) is 11.3 Å². The van der Waals surface area contributed by atoms with Crippen molar-refractivity contribution < 1.29 is 4.42 Å². The number of rotatable bonds is 4. The Morgan fingerprint density at radius 1 is 1.32 bits per heavy atom. The molecule has 1 heterocycles. The first-order valence-corrected chi connectivity index (χ1v) is 8.32. The van der Waals surface area contributed by atoms with Crippen LogP contribution in [-0.4, -0.2) is 17.5 Å². The van der Waals surface area contributed by atoms with E-state index in [-0.39, 0.29) is 6.04 Å². The fourth-order valence-corrected chi connectivity index (χ4v) is 3.75. The average molecular weight is 275 g/mol. The molecule has 1 aliphatic rings. The van der Waals surface area contributed by atoms with E-state index in [0.717, 1.165) is 16.6 Å². The van der Waals surface area contributed by atoms with Gasteiger partial charge < -0.3 is 9.73 Å². The van der Waals surface area contributed by atoms with E-state index < -0.39 is 0 Å². The van der Waals surface area contributed by atoms with Gasteiger partial charge in [0, 0.05) is 16.7 Å². The number of hydrogen-bond acceptors (Lipinski definition) is 3. The van der Waals surface area contributed by atoms with Crippen LogP contribution in [0.15, 0.2) is 34.7 Å². The normalized spacial score (nSPS) is 24.9. The van der Waals surface area contributed by atoms with Gasteiger partial charge in [0.25, 0.3) is 0 Å². The van der Waals surface area contributed by atoms with E-state index in [1.807, 2.05) is 23.9 Å². The lowest BCUT2D eigenvalue weighted by molar-refractivity contribution is 0.402. The number of hydrogen-bond donors (Lipinski definition) is 1. The summed E-state index contributed by atoms with van der Waals surface area (Å²) in [7, 11) is 0. The highest BCUT2D eigenvalue weighted by molar-refractivity contribution is 7.99. The molecule has 0 bridgehead atoms. The minimum atomic E-state index is 0.290. The number of fused-ring (bicyclic) bond motifs is 1. The highest BCUT2D eigenvalue weighted by Gasteiger charge is 2.25. The summed E-state index contributed by atoms with van der Waals surface area (Å²) < 4.78 is 5.93. The molecule has 19 heavy (non-hydrogen) atoms. The standard InChI is InChI=1S/C16H21NOS/c1-11(17-13-7-8-14(10-13)19-2)16-9-12-5-3-4-6-15(12)18-16/h3-6,9,11,13-14,17H,7-8,10H2,1-2H3. The van der Waals surface area contributed by atoms with Crippen molar-refractivity contribution in [2.45, 2.75) is 43.5 Å². The van der Waals surface area contributed by atoms with Crippen molar-refractivity contribution in [2.75, 3.05) is 6.26 Å². The van der Waals surface area contributed by atoms with Crippen LogP contribution in [0.2, 0.25) is 0 Å². The van der Waals surface area contributed by atoms with Crippen LogP contribution in [0.1, 0.15) is 38.0 Å². The third kappa shape index (κ3) is 2.82. The lowest BCUT2D eigenvalue weighted by Crippen LogP contribution is -2.29. The predicted molar refractivity (Wildman–Crippen MR) is 82.7 cm³/mol. The van der Waals surface area contributed by atoms with Crippen LogP contribution in [-0.2, 0) is 0 Å². The zero-order valence-electron chi connectivity index (χ0n) is 11.6. The molecule has 0 saturated heterocycles. The van der Waals surface area contributed by atoms with E-state index in [1.54, 1.807) is 0 Å². The maximum Gasteiger partial charge on any atom is 0.134 e. The van der Waals surface area contributed by atoms with Crippen molar-refractivity contribution in [3.63, 3.8) is 0 Å². The Kier molecular flexibility index (Phi) is 3.85. The second-order valence-corrected chi connectivity index (χ2v) is 6.58. The third-order valence-electron chi connectivity index (χ3n) is 4.07. The van der Waals surface area contributed by atoms with E-state index in [0.29, 0.717) is 6.04 Å². The zero-order chi connectivity index (χ0) is 13.2. The summed E-state index contributed by atoms with van der Waals surface area (Å²) in [5.74, 6) is 1.05. The van der Waals surface area contributed by atoms with Gasteiger partial charge in [-0.1, -0.05) is 18.2 Å². The summed E-state index contributed by atoms with van der Waals surface area (Å²) in [5.41, 5.74) is 0.986. The fraction of sp³-hybridized carbons (Fsp3) is 0.500. The van der Waals surface area contributed by atoms with E-state index in [9.17, 15) is 0 Å². The molecule has 1 aliphatic carbocycles. The minimum Gasteiger partial charge on any atom is -0.459 e. The number of benzene rings is 1. The first-order chi connectivity index (χ1) is 9.26. The third-order valence-corrected chi connectivity index (χ3v) is 5.17. The van der Waals surface area contributed by atoms with Crippen molar-refractivity contribution >= 4 is 22.7 Å². The van der Waals surface area contributed by atoms with Crippen LogP contribution in [0.25, 0.3) is 11.0 Å². The summed E-state index contributed by atoms with van der Waals surface area (Å²) in [6.07, 6.45) is 6.13. The summed E-state index contributed by atoms with van der Waals surface area (Å²) in [5, 5.41) is 5.74. The summed E-state index contributed by atoms with van der Waals surface area (Å²) in [4.78, 5) is 0.